The zero-order valence-electron chi connectivity index (χ0n) is 17.3. The second-order valence-corrected chi connectivity index (χ2v) is 8.74. The number of nitrogens with zero attached hydrogens (tertiary/aromatic N) is 2. The van der Waals surface area contributed by atoms with E-state index >= 15 is 0 Å². The van der Waals surface area contributed by atoms with Gasteiger partial charge in [0.1, 0.15) is 11.4 Å². The third-order valence-corrected chi connectivity index (χ3v) is 7.11. The maximum atomic E-state index is 13.4. The van der Waals surface area contributed by atoms with Crippen LogP contribution in [0.15, 0.2) is 48.5 Å². The molecule has 0 radical (unpaired) electrons. The molecule has 1 saturated heterocycles. The molecule has 0 aliphatic carbocycles. The fourth-order valence-electron chi connectivity index (χ4n) is 5.71. The predicted molar refractivity (Wildman–Crippen MR) is 113 cm³/mol. The topological polar surface area (TPSA) is 54.3 Å². The van der Waals surface area contributed by atoms with Gasteiger partial charge in [0.15, 0.2) is 0 Å². The van der Waals surface area contributed by atoms with E-state index < -0.39 is 11.0 Å². The van der Waals surface area contributed by atoms with Crippen LogP contribution in [0.3, 0.4) is 0 Å². The average molecular weight is 405 g/mol. The molecule has 2 aromatic carbocycles. The Labute approximate surface area is 174 Å². The average Bonchev–Trinajstić information content (AvgIpc) is 3.17. The smallest absolute Gasteiger partial charge is 0.325 e. The van der Waals surface area contributed by atoms with Crippen molar-refractivity contribution in [1.82, 2.24) is 14.8 Å². The van der Waals surface area contributed by atoms with Crippen LogP contribution >= 0.6 is 0 Å². The summed E-state index contributed by atoms with van der Waals surface area (Å²) in [6.45, 7) is 7.02. The van der Waals surface area contributed by atoms with Crippen LogP contribution in [0.4, 0.5) is 9.18 Å². The van der Waals surface area contributed by atoms with E-state index in [-0.39, 0.29) is 17.8 Å². The number of urea groups is 1. The molecule has 3 aromatic rings. The van der Waals surface area contributed by atoms with Gasteiger partial charge < -0.3 is 9.47 Å². The maximum Gasteiger partial charge on any atom is 0.325 e. The number of imide groups is 1. The SMILES string of the molecule is CCC12C(=O)NC(=O)N1Cc1c(c3ccccc3n1Cc1ccc(F)cc1)C2(C)C. The van der Waals surface area contributed by atoms with Crippen molar-refractivity contribution in [2.75, 3.05) is 0 Å². The first-order valence-corrected chi connectivity index (χ1v) is 10.3. The summed E-state index contributed by atoms with van der Waals surface area (Å²) in [7, 11) is 0. The molecule has 0 bridgehead atoms. The monoisotopic (exact) mass is 405 g/mol. The normalized spacial score (nSPS) is 22.2. The largest absolute Gasteiger partial charge is 0.338 e. The molecule has 154 valence electrons. The Morgan fingerprint density at radius 1 is 1.07 bits per heavy atom. The number of fused-ring (bicyclic) bond motifs is 4. The summed E-state index contributed by atoms with van der Waals surface area (Å²) in [6, 6.07) is 14.3. The van der Waals surface area contributed by atoms with Crippen LogP contribution in [-0.2, 0) is 23.3 Å². The van der Waals surface area contributed by atoms with Gasteiger partial charge in [0, 0.05) is 28.6 Å². The number of hydrogen-bond acceptors (Lipinski definition) is 2. The lowest BCUT2D eigenvalue weighted by atomic mass is 9.62. The van der Waals surface area contributed by atoms with Crippen molar-refractivity contribution in [2.24, 2.45) is 0 Å². The first-order valence-electron chi connectivity index (χ1n) is 10.3. The lowest BCUT2D eigenvalue weighted by Crippen LogP contribution is -2.63. The second-order valence-electron chi connectivity index (χ2n) is 8.74. The zero-order chi connectivity index (χ0) is 21.3. The van der Waals surface area contributed by atoms with Gasteiger partial charge in [0.05, 0.1) is 6.54 Å². The van der Waals surface area contributed by atoms with Gasteiger partial charge >= 0.3 is 6.03 Å². The van der Waals surface area contributed by atoms with Crippen molar-refractivity contribution in [2.45, 2.75) is 51.2 Å². The number of carbonyl (C=O) groups is 2. The molecular weight excluding hydrogens is 381 g/mol. The number of para-hydroxylation sites is 1. The Bertz CT molecular complexity index is 1200. The molecule has 2 aliphatic heterocycles. The van der Waals surface area contributed by atoms with E-state index in [0.29, 0.717) is 19.5 Å². The van der Waals surface area contributed by atoms with Gasteiger partial charge in [-0.2, -0.15) is 0 Å². The van der Waals surface area contributed by atoms with Gasteiger partial charge in [0.25, 0.3) is 5.91 Å². The number of benzene rings is 2. The summed E-state index contributed by atoms with van der Waals surface area (Å²) in [5.41, 5.74) is 2.68. The molecule has 1 N–H and O–H groups in total. The van der Waals surface area contributed by atoms with Crippen molar-refractivity contribution in [3.8, 4) is 0 Å². The van der Waals surface area contributed by atoms with Gasteiger partial charge in [-0.25, -0.2) is 9.18 Å². The highest BCUT2D eigenvalue weighted by molar-refractivity contribution is 6.09. The molecule has 30 heavy (non-hydrogen) atoms. The zero-order valence-corrected chi connectivity index (χ0v) is 17.3. The number of halogens is 1. The highest BCUT2D eigenvalue weighted by atomic mass is 19.1. The predicted octanol–water partition coefficient (Wildman–Crippen LogP) is 4.32. The maximum absolute atomic E-state index is 13.4. The number of nitrogens with one attached hydrogen (secondary N) is 1. The summed E-state index contributed by atoms with van der Waals surface area (Å²) >= 11 is 0. The third-order valence-electron chi connectivity index (χ3n) is 7.11. The Balaban J connectivity index is 1.78. The van der Waals surface area contributed by atoms with E-state index in [0.717, 1.165) is 27.7 Å². The van der Waals surface area contributed by atoms with E-state index in [2.05, 4.69) is 35.9 Å². The number of amides is 3. The molecule has 1 atom stereocenters. The van der Waals surface area contributed by atoms with E-state index in [1.54, 1.807) is 17.0 Å². The number of aromatic nitrogens is 1. The molecule has 2 aliphatic rings. The number of rotatable bonds is 3. The van der Waals surface area contributed by atoms with Crippen LogP contribution in [0.1, 0.15) is 44.0 Å². The number of carbonyl (C=O) groups excluding carboxylic acids is 2. The summed E-state index contributed by atoms with van der Waals surface area (Å²) in [5.74, 6) is -0.486. The molecule has 1 fully saturated rings. The molecule has 3 heterocycles. The lowest BCUT2D eigenvalue weighted by Gasteiger charge is -2.50. The van der Waals surface area contributed by atoms with Gasteiger partial charge in [-0.3, -0.25) is 10.1 Å². The van der Waals surface area contributed by atoms with Crippen LogP contribution in [0.2, 0.25) is 0 Å². The highest BCUT2D eigenvalue weighted by Gasteiger charge is 2.64. The van der Waals surface area contributed by atoms with Crippen LogP contribution in [0, 0.1) is 5.82 Å². The van der Waals surface area contributed by atoms with Gasteiger partial charge in [0.2, 0.25) is 0 Å². The molecule has 5 nitrogen and oxygen atoms in total. The standard InChI is InChI=1S/C24H24FN3O2/c1-4-24-21(29)26-22(30)28(24)14-19-20(23(24,2)3)17-7-5-6-8-18(17)27(19)13-15-9-11-16(25)12-10-15/h5-12H,4,13-14H2,1-3H3,(H,26,29,30). The quantitative estimate of drug-likeness (QED) is 0.660. The van der Waals surface area contributed by atoms with Crippen molar-refractivity contribution < 1.29 is 14.0 Å². The molecule has 1 unspecified atom stereocenters. The van der Waals surface area contributed by atoms with Gasteiger partial charge in [-0.1, -0.05) is 51.1 Å². The van der Waals surface area contributed by atoms with E-state index in [4.69, 9.17) is 0 Å². The molecule has 1 aromatic heterocycles. The lowest BCUT2D eigenvalue weighted by molar-refractivity contribution is -0.131. The Morgan fingerprint density at radius 2 is 1.77 bits per heavy atom. The van der Waals surface area contributed by atoms with Crippen LogP contribution in [-0.4, -0.2) is 26.9 Å². The minimum atomic E-state index is -0.915. The summed E-state index contributed by atoms with van der Waals surface area (Å²) in [4.78, 5) is 27.5. The minimum absolute atomic E-state index is 0.221. The Hall–Kier alpha value is -3.15. The Kier molecular flexibility index (Phi) is 3.88. The Morgan fingerprint density at radius 3 is 2.47 bits per heavy atom. The van der Waals surface area contributed by atoms with Crippen molar-refractivity contribution in [3.05, 3.63) is 71.2 Å². The molecule has 0 saturated carbocycles. The fraction of sp³-hybridized carbons (Fsp3) is 0.333. The second kappa shape index (κ2) is 6.17. The van der Waals surface area contributed by atoms with Crippen molar-refractivity contribution in [1.29, 1.82) is 0 Å². The van der Waals surface area contributed by atoms with Crippen LogP contribution in [0.25, 0.3) is 10.9 Å². The van der Waals surface area contributed by atoms with Crippen molar-refractivity contribution in [3.63, 3.8) is 0 Å². The van der Waals surface area contributed by atoms with E-state index in [9.17, 15) is 14.0 Å². The van der Waals surface area contributed by atoms with E-state index in [1.807, 2.05) is 19.1 Å². The summed E-state index contributed by atoms with van der Waals surface area (Å²) in [5, 5.41) is 3.65. The van der Waals surface area contributed by atoms with Crippen molar-refractivity contribution >= 4 is 22.8 Å². The summed E-state index contributed by atoms with van der Waals surface area (Å²) in [6.07, 6.45) is 0.536. The molecule has 0 spiro atoms. The first-order chi connectivity index (χ1) is 14.3. The number of hydrogen-bond donors (Lipinski definition) is 1. The minimum Gasteiger partial charge on any atom is -0.338 e. The molecule has 6 heteroatoms. The van der Waals surface area contributed by atoms with Crippen LogP contribution < -0.4 is 5.32 Å². The molecular formula is C24H24FN3O2. The third kappa shape index (κ3) is 2.22. The van der Waals surface area contributed by atoms with Gasteiger partial charge in [-0.05, 0) is 35.7 Å². The van der Waals surface area contributed by atoms with Gasteiger partial charge in [-0.15, -0.1) is 0 Å². The fourth-order valence-corrected chi connectivity index (χ4v) is 5.71. The molecule has 5 rings (SSSR count). The highest BCUT2D eigenvalue weighted by Crippen LogP contribution is 2.52. The molecule has 3 amide bonds. The van der Waals surface area contributed by atoms with Crippen LogP contribution in [0.5, 0.6) is 0 Å². The summed E-state index contributed by atoms with van der Waals surface area (Å²) < 4.78 is 15.6. The van der Waals surface area contributed by atoms with E-state index in [1.165, 1.54) is 12.1 Å². The first kappa shape index (κ1) is 18.9.